The first-order valence-electron chi connectivity index (χ1n) is 8.88. The SMILES string of the molecule is CC1(CNc2ncc3c(-c4ccn5ncc(C(N)=O)c5c4)c[nH]c3n2)CC1. The van der Waals surface area contributed by atoms with Crippen LogP contribution in [0.4, 0.5) is 5.95 Å². The standard InChI is InChI=1S/C19H19N7O/c1-19(3-4-19)10-23-18-22-8-13-12(7-21-17(13)25-18)11-2-5-26-15(6-11)14(9-24-26)16(20)27/h2,5-9H,3-4,10H2,1H3,(H2,20,27)(H2,21,22,23,25). The molecule has 1 fully saturated rings. The number of carbonyl (C=O) groups excluding carboxylic acids is 1. The van der Waals surface area contributed by atoms with Crippen molar-refractivity contribution in [2.75, 3.05) is 11.9 Å². The number of rotatable bonds is 5. The molecule has 136 valence electrons. The second kappa shape index (κ2) is 5.54. The van der Waals surface area contributed by atoms with Gasteiger partial charge in [0.05, 0.1) is 17.3 Å². The molecule has 0 saturated heterocycles. The maximum atomic E-state index is 11.6. The van der Waals surface area contributed by atoms with Crippen molar-refractivity contribution in [1.29, 1.82) is 0 Å². The molecule has 0 bridgehead atoms. The first-order chi connectivity index (χ1) is 13.0. The van der Waals surface area contributed by atoms with Gasteiger partial charge >= 0.3 is 0 Å². The Labute approximate surface area is 154 Å². The lowest BCUT2D eigenvalue weighted by atomic mass is 10.1. The highest BCUT2D eigenvalue weighted by atomic mass is 16.1. The number of pyridine rings is 1. The molecule has 0 spiro atoms. The molecule has 1 aliphatic rings. The number of nitrogens with two attached hydrogens (primary N) is 1. The van der Waals surface area contributed by atoms with Gasteiger partial charge in [-0.05, 0) is 36.0 Å². The van der Waals surface area contributed by atoms with E-state index in [2.05, 4.69) is 32.3 Å². The second-order valence-electron chi connectivity index (χ2n) is 7.49. The highest BCUT2D eigenvalue weighted by Crippen LogP contribution is 2.44. The summed E-state index contributed by atoms with van der Waals surface area (Å²) in [7, 11) is 0. The van der Waals surface area contributed by atoms with E-state index < -0.39 is 5.91 Å². The van der Waals surface area contributed by atoms with Crippen LogP contribution in [0.15, 0.2) is 36.9 Å². The van der Waals surface area contributed by atoms with Crippen molar-refractivity contribution in [3.63, 3.8) is 0 Å². The number of primary amides is 1. The molecule has 0 unspecified atom stereocenters. The average Bonchev–Trinajstić information content (AvgIpc) is 3.08. The van der Waals surface area contributed by atoms with E-state index in [1.54, 1.807) is 4.52 Å². The Kier molecular flexibility index (Phi) is 3.24. The Morgan fingerprint density at radius 2 is 2.26 bits per heavy atom. The van der Waals surface area contributed by atoms with E-state index in [0.29, 0.717) is 22.4 Å². The van der Waals surface area contributed by atoms with Gasteiger partial charge in [-0.15, -0.1) is 0 Å². The number of hydrogen-bond donors (Lipinski definition) is 3. The van der Waals surface area contributed by atoms with Gasteiger partial charge < -0.3 is 16.0 Å². The fourth-order valence-corrected chi connectivity index (χ4v) is 3.25. The van der Waals surface area contributed by atoms with Gasteiger partial charge in [0.25, 0.3) is 5.91 Å². The molecule has 0 atom stereocenters. The van der Waals surface area contributed by atoms with Gasteiger partial charge in [0, 0.05) is 36.1 Å². The summed E-state index contributed by atoms with van der Waals surface area (Å²) >= 11 is 0. The Morgan fingerprint density at radius 3 is 3.04 bits per heavy atom. The van der Waals surface area contributed by atoms with Crippen LogP contribution in [0.25, 0.3) is 27.7 Å². The number of aromatic nitrogens is 5. The van der Waals surface area contributed by atoms with E-state index in [-0.39, 0.29) is 0 Å². The van der Waals surface area contributed by atoms with Crippen LogP contribution in [-0.2, 0) is 0 Å². The summed E-state index contributed by atoms with van der Waals surface area (Å²) in [6.07, 6.45) is 9.51. The van der Waals surface area contributed by atoms with Gasteiger partial charge in [-0.2, -0.15) is 10.1 Å². The molecule has 1 aliphatic carbocycles. The molecule has 0 aromatic carbocycles. The van der Waals surface area contributed by atoms with E-state index >= 15 is 0 Å². The van der Waals surface area contributed by atoms with Gasteiger partial charge in [-0.1, -0.05) is 6.92 Å². The molecular formula is C19H19N7O. The Hall–Kier alpha value is -3.42. The van der Waals surface area contributed by atoms with Crippen LogP contribution >= 0.6 is 0 Å². The number of nitrogens with one attached hydrogen (secondary N) is 2. The number of hydrogen-bond acceptors (Lipinski definition) is 5. The maximum Gasteiger partial charge on any atom is 0.252 e. The zero-order valence-electron chi connectivity index (χ0n) is 14.9. The summed E-state index contributed by atoms with van der Waals surface area (Å²) in [5.41, 5.74) is 9.56. The monoisotopic (exact) mass is 361 g/mol. The molecule has 4 aromatic heterocycles. The quantitative estimate of drug-likeness (QED) is 0.505. The molecule has 1 amide bonds. The summed E-state index contributed by atoms with van der Waals surface area (Å²) < 4.78 is 1.63. The van der Waals surface area contributed by atoms with Crippen LogP contribution in [0, 0.1) is 5.41 Å². The molecule has 4 N–H and O–H groups in total. The molecule has 27 heavy (non-hydrogen) atoms. The van der Waals surface area contributed by atoms with Crippen LogP contribution < -0.4 is 11.1 Å². The number of amides is 1. The van der Waals surface area contributed by atoms with E-state index in [4.69, 9.17) is 5.73 Å². The van der Waals surface area contributed by atoms with Gasteiger partial charge in [0.2, 0.25) is 5.95 Å². The number of fused-ring (bicyclic) bond motifs is 2. The van der Waals surface area contributed by atoms with Crippen LogP contribution in [0.5, 0.6) is 0 Å². The third kappa shape index (κ3) is 2.69. The van der Waals surface area contributed by atoms with E-state index in [0.717, 1.165) is 28.7 Å². The minimum Gasteiger partial charge on any atom is -0.365 e. The Morgan fingerprint density at radius 1 is 1.41 bits per heavy atom. The van der Waals surface area contributed by atoms with Gasteiger partial charge in [-0.3, -0.25) is 4.79 Å². The van der Waals surface area contributed by atoms with Crippen molar-refractivity contribution in [2.24, 2.45) is 11.1 Å². The summed E-state index contributed by atoms with van der Waals surface area (Å²) in [5.74, 6) is 0.135. The summed E-state index contributed by atoms with van der Waals surface area (Å²) in [4.78, 5) is 23.9. The number of aromatic amines is 1. The highest BCUT2D eigenvalue weighted by Gasteiger charge is 2.36. The number of carbonyl (C=O) groups is 1. The van der Waals surface area contributed by atoms with Gasteiger partial charge in [0.15, 0.2) is 0 Å². The minimum atomic E-state index is -0.496. The number of anilines is 1. The zero-order chi connectivity index (χ0) is 18.6. The van der Waals surface area contributed by atoms with Crippen LogP contribution in [0.3, 0.4) is 0 Å². The largest absolute Gasteiger partial charge is 0.365 e. The fraction of sp³-hybridized carbons (Fsp3) is 0.263. The first-order valence-corrected chi connectivity index (χ1v) is 8.88. The Balaban J connectivity index is 1.52. The second-order valence-corrected chi connectivity index (χ2v) is 7.49. The van der Waals surface area contributed by atoms with Crippen LogP contribution in [0.1, 0.15) is 30.1 Å². The van der Waals surface area contributed by atoms with Crippen molar-refractivity contribution in [3.8, 4) is 11.1 Å². The van der Waals surface area contributed by atoms with Crippen molar-refractivity contribution >= 4 is 28.4 Å². The molecule has 8 nitrogen and oxygen atoms in total. The third-order valence-corrected chi connectivity index (χ3v) is 5.31. The minimum absolute atomic E-state index is 0.387. The molecular weight excluding hydrogens is 342 g/mol. The normalized spacial score (nSPS) is 15.3. The van der Waals surface area contributed by atoms with Gasteiger partial charge in [-0.25, -0.2) is 9.50 Å². The van der Waals surface area contributed by atoms with Gasteiger partial charge in [0.1, 0.15) is 5.65 Å². The fourth-order valence-electron chi connectivity index (χ4n) is 3.25. The number of H-pyrrole nitrogens is 1. The molecule has 4 heterocycles. The van der Waals surface area contributed by atoms with E-state index in [1.165, 1.54) is 19.0 Å². The predicted octanol–water partition coefficient (Wildman–Crippen LogP) is 2.58. The third-order valence-electron chi connectivity index (χ3n) is 5.31. The molecule has 8 heteroatoms. The van der Waals surface area contributed by atoms with Crippen molar-refractivity contribution in [1.82, 2.24) is 24.6 Å². The highest BCUT2D eigenvalue weighted by molar-refractivity contribution is 6.01. The van der Waals surface area contributed by atoms with Crippen molar-refractivity contribution in [3.05, 3.63) is 42.5 Å². The lowest BCUT2D eigenvalue weighted by molar-refractivity contribution is 0.100. The Bertz CT molecular complexity index is 1190. The molecule has 0 aliphatic heterocycles. The summed E-state index contributed by atoms with van der Waals surface area (Å²) in [6, 6.07) is 3.84. The predicted molar refractivity (Wildman–Crippen MR) is 102 cm³/mol. The molecule has 4 aromatic rings. The number of nitrogens with zero attached hydrogens (tertiary/aromatic N) is 4. The topological polar surface area (TPSA) is 114 Å². The zero-order valence-corrected chi connectivity index (χ0v) is 14.9. The molecule has 0 radical (unpaired) electrons. The lowest BCUT2D eigenvalue weighted by Gasteiger charge is -2.09. The van der Waals surface area contributed by atoms with E-state index in [9.17, 15) is 4.79 Å². The molecule has 5 rings (SSSR count). The molecule has 1 saturated carbocycles. The van der Waals surface area contributed by atoms with E-state index in [1.807, 2.05) is 30.7 Å². The van der Waals surface area contributed by atoms with Crippen LogP contribution in [-0.4, -0.2) is 37.0 Å². The van der Waals surface area contributed by atoms with Crippen LogP contribution in [0.2, 0.25) is 0 Å². The average molecular weight is 361 g/mol. The lowest BCUT2D eigenvalue weighted by Crippen LogP contribution is -2.13. The van der Waals surface area contributed by atoms with Crippen molar-refractivity contribution in [2.45, 2.75) is 19.8 Å². The smallest absolute Gasteiger partial charge is 0.252 e. The van der Waals surface area contributed by atoms with Crippen molar-refractivity contribution < 1.29 is 4.79 Å². The first kappa shape index (κ1) is 15.8. The maximum absolute atomic E-state index is 11.6. The summed E-state index contributed by atoms with van der Waals surface area (Å²) in [6.45, 7) is 3.15. The summed E-state index contributed by atoms with van der Waals surface area (Å²) in [5, 5.41) is 8.40.